The van der Waals surface area contributed by atoms with E-state index in [1.165, 1.54) is 0 Å². The number of aryl methyl sites for hydroxylation is 1. The number of pyridine rings is 1. The maximum absolute atomic E-state index is 9.49. The highest BCUT2D eigenvalue weighted by Crippen LogP contribution is 2.36. The molecular formula is C19H17NO2. The van der Waals surface area contributed by atoms with Crippen LogP contribution >= 0.6 is 0 Å². The molecule has 0 unspecified atom stereocenters. The van der Waals surface area contributed by atoms with Crippen LogP contribution in [0.15, 0.2) is 60.7 Å². The Hall–Kier alpha value is -2.81. The number of phenols is 1. The average molecular weight is 291 g/mol. The molecule has 0 atom stereocenters. The number of ether oxygens (including phenoxy) is 1. The third-order valence-electron chi connectivity index (χ3n) is 3.57. The SMILES string of the molecule is COc1ccccc1-c1ccc(C)nc1-c1ccc(O)cc1. The Kier molecular flexibility index (Phi) is 3.79. The molecule has 2 aromatic carbocycles. The van der Waals surface area contributed by atoms with Crippen LogP contribution in [0.4, 0.5) is 0 Å². The van der Waals surface area contributed by atoms with Crippen molar-refractivity contribution in [3.8, 4) is 33.9 Å². The second-order valence-electron chi connectivity index (χ2n) is 5.10. The number of para-hydroxylation sites is 1. The molecule has 0 aliphatic heterocycles. The first-order valence-electron chi connectivity index (χ1n) is 7.09. The fourth-order valence-corrected chi connectivity index (χ4v) is 2.48. The van der Waals surface area contributed by atoms with E-state index in [1.54, 1.807) is 19.2 Å². The second kappa shape index (κ2) is 5.90. The topological polar surface area (TPSA) is 42.4 Å². The molecule has 1 aromatic heterocycles. The Morgan fingerprint density at radius 2 is 1.59 bits per heavy atom. The van der Waals surface area contributed by atoms with Crippen LogP contribution in [0.2, 0.25) is 0 Å². The zero-order chi connectivity index (χ0) is 15.5. The van der Waals surface area contributed by atoms with Crippen LogP contribution in [0.5, 0.6) is 11.5 Å². The molecule has 0 spiro atoms. The van der Waals surface area contributed by atoms with E-state index < -0.39 is 0 Å². The summed E-state index contributed by atoms with van der Waals surface area (Å²) in [5, 5.41) is 9.49. The Labute approximate surface area is 129 Å². The van der Waals surface area contributed by atoms with Crippen molar-refractivity contribution in [3.05, 3.63) is 66.4 Å². The van der Waals surface area contributed by atoms with Gasteiger partial charge in [-0.3, -0.25) is 4.98 Å². The number of phenolic OH excluding ortho intramolecular Hbond substituents is 1. The first-order chi connectivity index (χ1) is 10.7. The molecular weight excluding hydrogens is 274 g/mol. The predicted octanol–water partition coefficient (Wildman–Crippen LogP) is 4.44. The van der Waals surface area contributed by atoms with E-state index in [1.807, 2.05) is 49.4 Å². The van der Waals surface area contributed by atoms with Crippen molar-refractivity contribution in [1.82, 2.24) is 4.98 Å². The molecule has 0 fully saturated rings. The Bertz CT molecular complexity index is 795. The summed E-state index contributed by atoms with van der Waals surface area (Å²) in [6.07, 6.45) is 0. The molecule has 1 N–H and O–H groups in total. The van der Waals surface area contributed by atoms with E-state index >= 15 is 0 Å². The molecule has 0 saturated carbocycles. The summed E-state index contributed by atoms with van der Waals surface area (Å²) in [6.45, 7) is 1.97. The number of nitrogens with zero attached hydrogens (tertiary/aromatic N) is 1. The van der Waals surface area contributed by atoms with Gasteiger partial charge in [0.2, 0.25) is 0 Å². The lowest BCUT2D eigenvalue weighted by Crippen LogP contribution is -1.94. The van der Waals surface area contributed by atoms with Crippen LogP contribution in [-0.4, -0.2) is 17.2 Å². The van der Waals surface area contributed by atoms with Crippen molar-refractivity contribution in [2.24, 2.45) is 0 Å². The number of benzene rings is 2. The largest absolute Gasteiger partial charge is 0.508 e. The van der Waals surface area contributed by atoms with Crippen LogP contribution in [0, 0.1) is 6.92 Å². The first-order valence-corrected chi connectivity index (χ1v) is 7.09. The van der Waals surface area contributed by atoms with Crippen LogP contribution in [0.3, 0.4) is 0 Å². The van der Waals surface area contributed by atoms with E-state index in [-0.39, 0.29) is 5.75 Å². The minimum atomic E-state index is 0.246. The second-order valence-corrected chi connectivity index (χ2v) is 5.10. The van der Waals surface area contributed by atoms with Crippen molar-refractivity contribution in [1.29, 1.82) is 0 Å². The number of methoxy groups -OCH3 is 1. The summed E-state index contributed by atoms with van der Waals surface area (Å²) < 4.78 is 5.47. The Balaban J connectivity index is 2.22. The molecule has 1 heterocycles. The lowest BCUT2D eigenvalue weighted by Gasteiger charge is -2.13. The van der Waals surface area contributed by atoms with Crippen molar-refractivity contribution in [3.63, 3.8) is 0 Å². The molecule has 3 heteroatoms. The zero-order valence-electron chi connectivity index (χ0n) is 12.6. The monoisotopic (exact) mass is 291 g/mol. The molecule has 0 radical (unpaired) electrons. The highest BCUT2D eigenvalue weighted by atomic mass is 16.5. The summed E-state index contributed by atoms with van der Waals surface area (Å²) in [5.74, 6) is 1.06. The third-order valence-corrected chi connectivity index (χ3v) is 3.57. The summed E-state index contributed by atoms with van der Waals surface area (Å²) in [7, 11) is 1.67. The standard InChI is InChI=1S/C19H17NO2/c1-13-7-12-17(16-5-3-4-6-18(16)22-2)19(20-13)14-8-10-15(21)11-9-14/h3-12,21H,1-2H3. The van der Waals surface area contributed by atoms with E-state index in [4.69, 9.17) is 4.74 Å². The van der Waals surface area contributed by atoms with E-state index in [9.17, 15) is 5.11 Å². The lowest BCUT2D eigenvalue weighted by atomic mass is 9.98. The molecule has 3 nitrogen and oxygen atoms in total. The van der Waals surface area contributed by atoms with Gasteiger partial charge in [0.25, 0.3) is 0 Å². The Morgan fingerprint density at radius 1 is 0.864 bits per heavy atom. The highest BCUT2D eigenvalue weighted by molar-refractivity contribution is 5.84. The maximum atomic E-state index is 9.49. The highest BCUT2D eigenvalue weighted by Gasteiger charge is 2.13. The van der Waals surface area contributed by atoms with Gasteiger partial charge in [-0.1, -0.05) is 24.3 Å². The van der Waals surface area contributed by atoms with E-state index in [0.29, 0.717) is 0 Å². The zero-order valence-corrected chi connectivity index (χ0v) is 12.6. The summed E-state index contributed by atoms with van der Waals surface area (Å²) >= 11 is 0. The minimum Gasteiger partial charge on any atom is -0.508 e. The summed E-state index contributed by atoms with van der Waals surface area (Å²) in [4.78, 5) is 4.69. The molecule has 0 aliphatic rings. The van der Waals surface area contributed by atoms with Gasteiger partial charge in [-0.15, -0.1) is 0 Å². The van der Waals surface area contributed by atoms with Gasteiger partial charge in [0, 0.05) is 22.4 Å². The van der Waals surface area contributed by atoms with Crippen molar-refractivity contribution in [2.45, 2.75) is 6.92 Å². The van der Waals surface area contributed by atoms with Crippen LogP contribution in [-0.2, 0) is 0 Å². The fraction of sp³-hybridized carbons (Fsp3) is 0.105. The average Bonchev–Trinajstić information content (AvgIpc) is 2.55. The van der Waals surface area contributed by atoms with Crippen molar-refractivity contribution < 1.29 is 9.84 Å². The number of aromatic hydroxyl groups is 1. The molecule has 3 aromatic rings. The van der Waals surface area contributed by atoms with E-state index in [0.717, 1.165) is 33.8 Å². The number of hydrogen-bond acceptors (Lipinski definition) is 3. The molecule has 0 saturated heterocycles. The molecule has 110 valence electrons. The van der Waals surface area contributed by atoms with Gasteiger partial charge in [-0.2, -0.15) is 0 Å². The van der Waals surface area contributed by atoms with Gasteiger partial charge in [0.05, 0.1) is 12.8 Å². The predicted molar refractivity (Wildman–Crippen MR) is 88.1 cm³/mol. The quantitative estimate of drug-likeness (QED) is 0.775. The van der Waals surface area contributed by atoms with Crippen LogP contribution in [0.25, 0.3) is 22.4 Å². The molecule has 0 aliphatic carbocycles. The smallest absolute Gasteiger partial charge is 0.126 e. The normalized spacial score (nSPS) is 10.5. The van der Waals surface area contributed by atoms with Gasteiger partial charge >= 0.3 is 0 Å². The molecule has 0 amide bonds. The van der Waals surface area contributed by atoms with Crippen LogP contribution < -0.4 is 4.74 Å². The van der Waals surface area contributed by atoms with Gasteiger partial charge in [0.1, 0.15) is 11.5 Å². The summed E-state index contributed by atoms with van der Waals surface area (Å²) in [5.41, 5.74) is 4.79. The molecule has 3 rings (SSSR count). The molecule has 0 bridgehead atoms. The molecule has 22 heavy (non-hydrogen) atoms. The van der Waals surface area contributed by atoms with Crippen LogP contribution in [0.1, 0.15) is 5.69 Å². The van der Waals surface area contributed by atoms with Gasteiger partial charge in [-0.05, 0) is 43.3 Å². The van der Waals surface area contributed by atoms with Crippen molar-refractivity contribution in [2.75, 3.05) is 7.11 Å². The number of aromatic nitrogens is 1. The minimum absolute atomic E-state index is 0.246. The Morgan fingerprint density at radius 3 is 2.32 bits per heavy atom. The van der Waals surface area contributed by atoms with Gasteiger partial charge < -0.3 is 9.84 Å². The maximum Gasteiger partial charge on any atom is 0.126 e. The summed E-state index contributed by atoms with van der Waals surface area (Å²) in [6, 6.07) is 19.0. The third kappa shape index (κ3) is 2.66. The first kappa shape index (κ1) is 14.1. The number of hydrogen-bond donors (Lipinski definition) is 1. The van der Waals surface area contributed by atoms with Gasteiger partial charge in [0.15, 0.2) is 0 Å². The fourth-order valence-electron chi connectivity index (χ4n) is 2.48. The van der Waals surface area contributed by atoms with Crippen molar-refractivity contribution >= 4 is 0 Å². The lowest BCUT2D eigenvalue weighted by molar-refractivity contribution is 0.416. The van der Waals surface area contributed by atoms with E-state index in [2.05, 4.69) is 11.1 Å². The van der Waals surface area contributed by atoms with Gasteiger partial charge in [-0.25, -0.2) is 0 Å². The number of rotatable bonds is 3.